The molecule has 1 aliphatic rings. The average Bonchev–Trinajstić information content (AvgIpc) is 3.06. The molecule has 0 aliphatic heterocycles. The first-order valence-corrected chi connectivity index (χ1v) is 9.68. The summed E-state index contributed by atoms with van der Waals surface area (Å²) in [6.45, 7) is 4.23. The third-order valence-corrected chi connectivity index (χ3v) is 5.52. The molecule has 2 aromatic rings. The molecular weight excluding hydrogens is 324 g/mol. The van der Waals surface area contributed by atoms with Crippen molar-refractivity contribution in [2.45, 2.75) is 57.9 Å². The van der Waals surface area contributed by atoms with E-state index in [2.05, 4.69) is 73.0 Å². The predicted octanol–water partition coefficient (Wildman–Crippen LogP) is 5.54. The number of hydrogen-bond donors (Lipinski definition) is 2. The van der Waals surface area contributed by atoms with Crippen molar-refractivity contribution in [3.05, 3.63) is 65.2 Å². The monoisotopic (exact) mass is 352 g/mol. The Morgan fingerprint density at radius 2 is 1.76 bits per heavy atom. The van der Waals surface area contributed by atoms with Crippen LogP contribution in [-0.2, 0) is 6.42 Å². The van der Waals surface area contributed by atoms with Crippen LogP contribution in [0.4, 0.5) is 5.69 Å². The largest absolute Gasteiger partial charge is 0.357 e. The number of rotatable bonds is 5. The molecule has 0 heterocycles. The highest BCUT2D eigenvalue weighted by atomic mass is 32.1. The molecule has 0 unspecified atom stereocenters. The Morgan fingerprint density at radius 1 is 1.04 bits per heavy atom. The number of hydrogen-bond acceptors (Lipinski definition) is 1. The molecule has 132 valence electrons. The van der Waals surface area contributed by atoms with Crippen LogP contribution in [0.2, 0.25) is 0 Å². The van der Waals surface area contributed by atoms with Crippen molar-refractivity contribution in [2.75, 3.05) is 5.32 Å². The van der Waals surface area contributed by atoms with Crippen LogP contribution in [0.15, 0.2) is 48.5 Å². The minimum Gasteiger partial charge on any atom is -0.357 e. The van der Waals surface area contributed by atoms with Crippen molar-refractivity contribution in [2.24, 2.45) is 0 Å². The van der Waals surface area contributed by atoms with Crippen molar-refractivity contribution < 1.29 is 0 Å². The molecule has 1 saturated carbocycles. The van der Waals surface area contributed by atoms with Crippen LogP contribution in [0.3, 0.4) is 0 Å². The molecular formula is C22H28N2S. The van der Waals surface area contributed by atoms with E-state index in [1.54, 1.807) is 0 Å². The molecule has 0 aromatic heterocycles. The third kappa shape index (κ3) is 4.82. The van der Waals surface area contributed by atoms with Gasteiger partial charge in [0.2, 0.25) is 0 Å². The minimum absolute atomic E-state index is 0.137. The van der Waals surface area contributed by atoms with E-state index in [-0.39, 0.29) is 5.54 Å². The van der Waals surface area contributed by atoms with Gasteiger partial charge < -0.3 is 10.6 Å². The molecule has 2 nitrogen and oxygen atoms in total. The second-order valence-electron chi connectivity index (χ2n) is 7.37. The zero-order valence-electron chi connectivity index (χ0n) is 15.3. The summed E-state index contributed by atoms with van der Waals surface area (Å²) in [6.07, 6.45) is 7.20. The lowest BCUT2D eigenvalue weighted by Gasteiger charge is -2.32. The maximum Gasteiger partial charge on any atom is 0.171 e. The fourth-order valence-corrected chi connectivity index (χ4v) is 4.11. The average molecular weight is 353 g/mol. The zero-order chi connectivity index (χ0) is 17.7. The molecule has 25 heavy (non-hydrogen) atoms. The lowest BCUT2D eigenvalue weighted by Crippen LogP contribution is -2.48. The van der Waals surface area contributed by atoms with E-state index < -0.39 is 0 Å². The summed E-state index contributed by atoms with van der Waals surface area (Å²) in [7, 11) is 0. The second kappa shape index (κ2) is 8.01. The normalized spacial score (nSPS) is 15.8. The van der Waals surface area contributed by atoms with E-state index in [4.69, 9.17) is 12.2 Å². The minimum atomic E-state index is 0.137. The van der Waals surface area contributed by atoms with Crippen LogP contribution >= 0.6 is 12.2 Å². The number of thiocarbonyl (C=S) groups is 1. The van der Waals surface area contributed by atoms with Crippen LogP contribution < -0.4 is 10.6 Å². The van der Waals surface area contributed by atoms with E-state index in [0.29, 0.717) is 0 Å². The Balaban J connectivity index is 1.64. The lowest BCUT2D eigenvalue weighted by atomic mass is 9.89. The Labute approximate surface area is 157 Å². The van der Waals surface area contributed by atoms with Gasteiger partial charge in [-0.1, -0.05) is 55.3 Å². The van der Waals surface area contributed by atoms with Gasteiger partial charge in [0, 0.05) is 11.2 Å². The van der Waals surface area contributed by atoms with Crippen LogP contribution in [0.25, 0.3) is 0 Å². The molecule has 0 spiro atoms. The Hall–Kier alpha value is -1.87. The Morgan fingerprint density at radius 3 is 2.48 bits per heavy atom. The summed E-state index contributed by atoms with van der Waals surface area (Å²) >= 11 is 5.66. The predicted molar refractivity (Wildman–Crippen MR) is 111 cm³/mol. The summed E-state index contributed by atoms with van der Waals surface area (Å²) in [4.78, 5) is 0. The van der Waals surface area contributed by atoms with Crippen LogP contribution in [-0.4, -0.2) is 10.7 Å². The number of nitrogens with one attached hydrogen (secondary N) is 2. The number of benzene rings is 2. The zero-order valence-corrected chi connectivity index (χ0v) is 16.1. The summed E-state index contributed by atoms with van der Waals surface area (Å²) in [5.74, 6) is 0. The van der Waals surface area contributed by atoms with Gasteiger partial charge in [-0.25, -0.2) is 0 Å². The van der Waals surface area contributed by atoms with Crippen LogP contribution in [0.5, 0.6) is 0 Å². The fraction of sp³-hybridized carbons (Fsp3) is 0.409. The van der Waals surface area contributed by atoms with E-state index >= 15 is 0 Å². The quantitative estimate of drug-likeness (QED) is 0.691. The topological polar surface area (TPSA) is 24.1 Å². The molecule has 2 aromatic carbocycles. The summed E-state index contributed by atoms with van der Waals surface area (Å²) in [6, 6.07) is 17.2. The molecule has 0 atom stereocenters. The first kappa shape index (κ1) is 17.9. The van der Waals surface area contributed by atoms with E-state index in [1.165, 1.54) is 42.4 Å². The van der Waals surface area contributed by atoms with Crippen molar-refractivity contribution in [1.82, 2.24) is 5.32 Å². The van der Waals surface area contributed by atoms with Gasteiger partial charge in [0.1, 0.15) is 0 Å². The van der Waals surface area contributed by atoms with E-state index in [0.717, 1.165) is 23.6 Å². The molecule has 2 N–H and O–H groups in total. The van der Waals surface area contributed by atoms with Crippen molar-refractivity contribution in [3.63, 3.8) is 0 Å². The van der Waals surface area contributed by atoms with Crippen molar-refractivity contribution in [1.29, 1.82) is 0 Å². The van der Waals surface area contributed by atoms with Crippen LogP contribution in [0.1, 0.15) is 48.8 Å². The summed E-state index contributed by atoms with van der Waals surface area (Å²) in [5, 5.41) is 7.85. The van der Waals surface area contributed by atoms with Crippen molar-refractivity contribution in [3.8, 4) is 0 Å². The van der Waals surface area contributed by atoms with E-state index in [1.807, 2.05) is 0 Å². The highest BCUT2D eigenvalue weighted by Gasteiger charge is 2.34. The first-order valence-electron chi connectivity index (χ1n) is 9.27. The van der Waals surface area contributed by atoms with Gasteiger partial charge in [0.15, 0.2) is 5.11 Å². The van der Waals surface area contributed by atoms with Gasteiger partial charge in [-0.2, -0.15) is 0 Å². The maximum atomic E-state index is 5.66. The fourth-order valence-electron chi connectivity index (χ4n) is 3.78. The molecule has 0 bridgehead atoms. The molecule has 0 radical (unpaired) electrons. The van der Waals surface area contributed by atoms with Gasteiger partial charge in [-0.15, -0.1) is 0 Å². The van der Waals surface area contributed by atoms with Gasteiger partial charge in [-0.05, 0) is 74.5 Å². The van der Waals surface area contributed by atoms with Gasteiger partial charge >= 0.3 is 0 Å². The molecule has 0 amide bonds. The standard InChI is InChI=1S/C22H28N2S/c1-17-10-11-18(2)20(16-17)23-21(25)24-22(13-6-7-14-22)15-12-19-8-4-3-5-9-19/h3-5,8-11,16H,6-7,12-15H2,1-2H3,(H2,23,24,25). The van der Waals surface area contributed by atoms with Gasteiger partial charge in [0.25, 0.3) is 0 Å². The number of aryl methyl sites for hydroxylation is 3. The highest BCUT2D eigenvalue weighted by molar-refractivity contribution is 7.80. The summed E-state index contributed by atoms with van der Waals surface area (Å²) in [5.41, 5.74) is 5.12. The molecule has 3 heteroatoms. The Bertz CT molecular complexity index is 718. The lowest BCUT2D eigenvalue weighted by molar-refractivity contribution is 0.362. The van der Waals surface area contributed by atoms with Gasteiger partial charge in [0.05, 0.1) is 0 Å². The molecule has 3 rings (SSSR count). The van der Waals surface area contributed by atoms with Crippen LogP contribution in [0, 0.1) is 13.8 Å². The third-order valence-electron chi connectivity index (χ3n) is 5.32. The first-order chi connectivity index (χ1) is 12.1. The van der Waals surface area contributed by atoms with Gasteiger partial charge in [-0.3, -0.25) is 0 Å². The Kier molecular flexibility index (Phi) is 5.74. The molecule has 0 saturated heterocycles. The molecule has 1 fully saturated rings. The van der Waals surface area contributed by atoms with E-state index in [9.17, 15) is 0 Å². The maximum absolute atomic E-state index is 5.66. The SMILES string of the molecule is Cc1ccc(C)c(NC(=S)NC2(CCc3ccccc3)CCCC2)c1. The van der Waals surface area contributed by atoms with Crippen molar-refractivity contribution >= 4 is 23.0 Å². The highest BCUT2D eigenvalue weighted by Crippen LogP contribution is 2.34. The summed E-state index contributed by atoms with van der Waals surface area (Å²) < 4.78 is 0. The second-order valence-corrected chi connectivity index (χ2v) is 7.78. The number of anilines is 1. The molecule has 1 aliphatic carbocycles. The smallest absolute Gasteiger partial charge is 0.171 e.